The zero-order chi connectivity index (χ0) is 16.8. The Morgan fingerprint density at radius 3 is 2.48 bits per heavy atom. The van der Waals surface area contributed by atoms with E-state index in [1.165, 1.54) is 7.11 Å². The summed E-state index contributed by atoms with van der Waals surface area (Å²) in [5.41, 5.74) is 1.000. The van der Waals surface area contributed by atoms with Gasteiger partial charge in [0.2, 0.25) is 0 Å². The van der Waals surface area contributed by atoms with E-state index in [0.717, 1.165) is 0 Å². The summed E-state index contributed by atoms with van der Waals surface area (Å²) in [5.74, 6) is -1.02. The zero-order valence-electron chi connectivity index (χ0n) is 12.4. The van der Waals surface area contributed by atoms with Gasteiger partial charge in [0.25, 0.3) is 5.91 Å². The van der Waals surface area contributed by atoms with E-state index in [1.807, 2.05) is 0 Å². The molecule has 0 fully saturated rings. The number of methoxy groups -OCH3 is 1. The van der Waals surface area contributed by atoms with Gasteiger partial charge in [0.1, 0.15) is 5.75 Å². The summed E-state index contributed by atoms with van der Waals surface area (Å²) < 4.78 is 5.03. The van der Waals surface area contributed by atoms with E-state index in [9.17, 15) is 14.7 Å². The first kappa shape index (κ1) is 16.8. The fraction of sp³-hybridized carbons (Fsp3) is 0.176. The number of carbonyl (C=O) groups is 2. The normalized spacial score (nSPS) is 11.6. The minimum Gasteiger partial charge on any atom is -0.550 e. The maximum Gasteiger partial charge on any atom is 0.251 e. The van der Waals surface area contributed by atoms with Crippen molar-refractivity contribution in [3.63, 3.8) is 0 Å². The van der Waals surface area contributed by atoms with Crippen LogP contribution in [-0.4, -0.2) is 19.0 Å². The minimum atomic E-state index is -1.26. The van der Waals surface area contributed by atoms with Gasteiger partial charge in [-0.05, 0) is 42.0 Å². The van der Waals surface area contributed by atoms with Crippen molar-refractivity contribution in [2.24, 2.45) is 0 Å². The van der Waals surface area contributed by atoms with E-state index in [0.29, 0.717) is 21.9 Å². The molecular weight excluding hydrogens is 318 g/mol. The standard InChI is InChI=1S/C17H16ClNO4/c1-23-14-7-5-11(6-8-14)17(22)19-15(10-16(20)21)12-3-2-4-13(18)9-12/h2-9,15H,10H2,1H3,(H,19,22)(H,20,21)/p-1/t15-/m0/s1. The highest BCUT2D eigenvalue weighted by atomic mass is 35.5. The molecule has 0 unspecified atom stereocenters. The summed E-state index contributed by atoms with van der Waals surface area (Å²) >= 11 is 5.92. The second-order valence-electron chi connectivity index (χ2n) is 4.89. The molecule has 0 saturated heterocycles. The van der Waals surface area contributed by atoms with Crippen LogP contribution in [0, 0.1) is 0 Å². The van der Waals surface area contributed by atoms with Crippen molar-refractivity contribution >= 4 is 23.5 Å². The Kier molecular flexibility index (Phi) is 5.60. The molecule has 5 nitrogen and oxygen atoms in total. The number of hydrogen-bond donors (Lipinski definition) is 1. The van der Waals surface area contributed by atoms with Crippen LogP contribution in [0.25, 0.3) is 0 Å². The van der Waals surface area contributed by atoms with Crippen molar-refractivity contribution in [1.82, 2.24) is 5.32 Å². The van der Waals surface area contributed by atoms with Gasteiger partial charge in [0.05, 0.1) is 13.2 Å². The molecule has 2 aromatic rings. The van der Waals surface area contributed by atoms with Gasteiger partial charge in [-0.1, -0.05) is 23.7 Å². The Labute approximate surface area is 138 Å². The lowest BCUT2D eigenvalue weighted by Gasteiger charge is -2.20. The van der Waals surface area contributed by atoms with Crippen LogP contribution in [0.3, 0.4) is 0 Å². The van der Waals surface area contributed by atoms with Crippen LogP contribution in [0.4, 0.5) is 0 Å². The van der Waals surface area contributed by atoms with Gasteiger partial charge in [-0.15, -0.1) is 0 Å². The molecular formula is C17H15ClNO4-. The molecule has 0 radical (unpaired) electrons. The molecule has 0 aliphatic carbocycles. The summed E-state index contributed by atoms with van der Waals surface area (Å²) in [6.07, 6.45) is -0.345. The smallest absolute Gasteiger partial charge is 0.251 e. The van der Waals surface area contributed by atoms with E-state index in [4.69, 9.17) is 16.3 Å². The number of rotatable bonds is 6. The summed E-state index contributed by atoms with van der Waals surface area (Å²) in [6, 6.07) is 12.5. The van der Waals surface area contributed by atoms with Crippen molar-refractivity contribution in [1.29, 1.82) is 0 Å². The highest BCUT2D eigenvalue weighted by molar-refractivity contribution is 6.30. The van der Waals surface area contributed by atoms with E-state index >= 15 is 0 Å². The number of carbonyl (C=O) groups excluding carboxylic acids is 2. The number of nitrogens with one attached hydrogen (secondary N) is 1. The molecule has 0 spiro atoms. The fourth-order valence-corrected chi connectivity index (χ4v) is 2.32. The molecule has 1 atom stereocenters. The average Bonchev–Trinajstić information content (AvgIpc) is 2.54. The lowest BCUT2D eigenvalue weighted by molar-refractivity contribution is -0.306. The number of amides is 1. The molecule has 120 valence electrons. The van der Waals surface area contributed by atoms with Gasteiger partial charge in [-0.3, -0.25) is 4.79 Å². The van der Waals surface area contributed by atoms with Crippen LogP contribution in [0.5, 0.6) is 5.75 Å². The number of ether oxygens (including phenoxy) is 1. The minimum absolute atomic E-state index is 0.345. The molecule has 0 aliphatic rings. The topological polar surface area (TPSA) is 78.5 Å². The van der Waals surface area contributed by atoms with Gasteiger partial charge >= 0.3 is 0 Å². The van der Waals surface area contributed by atoms with Gasteiger partial charge < -0.3 is 20.0 Å². The van der Waals surface area contributed by atoms with E-state index in [2.05, 4.69) is 5.32 Å². The largest absolute Gasteiger partial charge is 0.550 e. The number of carboxylic acid groups (broad SMARTS) is 1. The van der Waals surface area contributed by atoms with E-state index < -0.39 is 12.0 Å². The predicted octanol–water partition coefficient (Wildman–Crippen LogP) is 1.96. The Bertz CT molecular complexity index is 700. The summed E-state index contributed by atoms with van der Waals surface area (Å²) in [7, 11) is 1.53. The highest BCUT2D eigenvalue weighted by Gasteiger charge is 2.16. The van der Waals surface area contributed by atoms with Crippen LogP contribution in [0.2, 0.25) is 5.02 Å². The molecule has 2 rings (SSSR count). The third kappa shape index (κ3) is 4.72. The van der Waals surface area contributed by atoms with Crippen LogP contribution < -0.4 is 15.2 Å². The Morgan fingerprint density at radius 1 is 1.22 bits per heavy atom. The molecule has 0 bridgehead atoms. The number of halogens is 1. The van der Waals surface area contributed by atoms with Crippen LogP contribution in [0.15, 0.2) is 48.5 Å². The first-order chi connectivity index (χ1) is 11.0. The summed E-state index contributed by atoms with van der Waals surface area (Å²) in [4.78, 5) is 23.3. The second-order valence-corrected chi connectivity index (χ2v) is 5.32. The first-order valence-corrected chi connectivity index (χ1v) is 7.27. The van der Waals surface area contributed by atoms with Crippen molar-refractivity contribution in [2.45, 2.75) is 12.5 Å². The molecule has 0 saturated carbocycles. The van der Waals surface area contributed by atoms with Crippen LogP contribution in [-0.2, 0) is 4.79 Å². The quantitative estimate of drug-likeness (QED) is 0.877. The molecule has 23 heavy (non-hydrogen) atoms. The maximum absolute atomic E-state index is 12.3. The monoisotopic (exact) mass is 332 g/mol. The number of benzene rings is 2. The summed E-state index contributed by atoms with van der Waals surface area (Å²) in [5, 5.41) is 14.1. The maximum atomic E-state index is 12.3. The SMILES string of the molecule is COc1ccc(C(=O)N[C@@H](CC(=O)[O-])c2cccc(Cl)c2)cc1. The van der Waals surface area contributed by atoms with Gasteiger partial charge in [-0.25, -0.2) is 0 Å². The number of hydrogen-bond acceptors (Lipinski definition) is 4. The Balaban J connectivity index is 2.19. The van der Waals surface area contributed by atoms with Gasteiger partial charge in [0, 0.05) is 23.0 Å². The van der Waals surface area contributed by atoms with Crippen molar-refractivity contribution in [2.75, 3.05) is 7.11 Å². The molecule has 2 aromatic carbocycles. The molecule has 1 amide bonds. The highest BCUT2D eigenvalue weighted by Crippen LogP contribution is 2.21. The first-order valence-electron chi connectivity index (χ1n) is 6.90. The van der Waals surface area contributed by atoms with Gasteiger partial charge in [-0.2, -0.15) is 0 Å². The second kappa shape index (κ2) is 7.65. The molecule has 6 heteroatoms. The van der Waals surface area contributed by atoms with Crippen molar-refractivity contribution < 1.29 is 19.4 Å². The molecule has 0 heterocycles. The van der Waals surface area contributed by atoms with E-state index in [1.54, 1.807) is 48.5 Å². The lowest BCUT2D eigenvalue weighted by Crippen LogP contribution is -2.34. The van der Waals surface area contributed by atoms with Crippen LogP contribution >= 0.6 is 11.6 Å². The third-order valence-electron chi connectivity index (χ3n) is 3.28. The predicted molar refractivity (Wildman–Crippen MR) is 84.3 cm³/mol. The van der Waals surface area contributed by atoms with Crippen LogP contribution in [0.1, 0.15) is 28.4 Å². The molecule has 1 N–H and O–H groups in total. The van der Waals surface area contributed by atoms with E-state index in [-0.39, 0.29) is 12.3 Å². The fourth-order valence-electron chi connectivity index (χ4n) is 2.13. The average molecular weight is 333 g/mol. The van der Waals surface area contributed by atoms with Crippen molar-refractivity contribution in [3.05, 3.63) is 64.7 Å². The van der Waals surface area contributed by atoms with Gasteiger partial charge in [0.15, 0.2) is 0 Å². The van der Waals surface area contributed by atoms with Crippen molar-refractivity contribution in [3.8, 4) is 5.75 Å². The summed E-state index contributed by atoms with van der Waals surface area (Å²) in [6.45, 7) is 0. The Morgan fingerprint density at radius 2 is 1.91 bits per heavy atom. The number of aliphatic carboxylic acids is 1. The Hall–Kier alpha value is -2.53. The zero-order valence-corrected chi connectivity index (χ0v) is 13.2. The number of carboxylic acids is 1. The lowest BCUT2D eigenvalue weighted by atomic mass is 10.0. The third-order valence-corrected chi connectivity index (χ3v) is 3.51. The molecule has 0 aromatic heterocycles. The molecule has 0 aliphatic heterocycles.